The zero-order valence-corrected chi connectivity index (χ0v) is 28.7. The van der Waals surface area contributed by atoms with Crippen LogP contribution in [0.5, 0.6) is 0 Å². The number of hydrogen-bond donors (Lipinski definition) is 11. The average molecular weight is 689 g/mol. The molecule has 0 unspecified atom stereocenters. The second-order valence-corrected chi connectivity index (χ2v) is 12.1. The Hall–Kier alpha value is -3.71. The molecule has 0 heterocycles. The van der Waals surface area contributed by atoms with E-state index in [1.165, 1.54) is 13.8 Å². The van der Waals surface area contributed by atoms with Crippen LogP contribution < -0.4 is 43.4 Å². The fourth-order valence-electron chi connectivity index (χ4n) is 4.29. The molecule has 0 rings (SSSR count). The molecule has 0 spiro atoms. The van der Waals surface area contributed by atoms with E-state index in [-0.39, 0.29) is 6.42 Å². The van der Waals surface area contributed by atoms with E-state index in [1.54, 1.807) is 27.7 Å². The molecular weight excluding hydrogens is 632 g/mol. The van der Waals surface area contributed by atoms with Gasteiger partial charge >= 0.3 is 0 Å². The van der Waals surface area contributed by atoms with E-state index in [0.717, 1.165) is 0 Å². The Morgan fingerprint density at radius 2 is 1.23 bits per heavy atom. The summed E-state index contributed by atoms with van der Waals surface area (Å²) >= 11 is 0. The van der Waals surface area contributed by atoms with Crippen LogP contribution in [-0.4, -0.2) is 125 Å². The standard InChI is InChI=1S/C30H56N8O10/c1-7-16(4)23(29(47)36-22(15(2)3)28(46)33-17(5)25(43)34-19(12-39)13-40)37-27(45)21(14-41)35-30(48)24(18(6)42)38-26(44)20(32)10-8-9-11-31/h12,15-24,40-42H,7-11,13-14,31-32H2,1-6H3,(H,33,46)(H,34,43)(H,35,48)(H,36,47)(H,37,45)(H,38,44)/t16-,17-,18+,19+,20-,21-,22-,23-,24-/m0/s1. The molecule has 0 aliphatic heterocycles. The van der Waals surface area contributed by atoms with Crippen molar-refractivity contribution in [2.75, 3.05) is 19.8 Å². The fraction of sp³-hybridized carbons (Fsp3) is 0.767. The van der Waals surface area contributed by atoms with Gasteiger partial charge in [-0.2, -0.15) is 0 Å². The summed E-state index contributed by atoms with van der Waals surface area (Å²) in [6.45, 7) is 8.18. The average Bonchev–Trinajstić information content (AvgIpc) is 3.04. The molecule has 0 saturated carbocycles. The lowest BCUT2D eigenvalue weighted by Gasteiger charge is -2.30. The first-order valence-corrected chi connectivity index (χ1v) is 16.1. The van der Waals surface area contributed by atoms with Gasteiger partial charge in [0.05, 0.1) is 25.4 Å². The topological polar surface area (TPSA) is 304 Å². The molecule has 0 saturated heterocycles. The Kier molecular flexibility index (Phi) is 21.0. The summed E-state index contributed by atoms with van der Waals surface area (Å²) in [6.07, 6.45) is 0.837. The summed E-state index contributed by atoms with van der Waals surface area (Å²) in [7, 11) is 0. The second-order valence-electron chi connectivity index (χ2n) is 12.1. The van der Waals surface area contributed by atoms with Gasteiger partial charge in [-0.05, 0) is 45.1 Å². The van der Waals surface area contributed by atoms with Gasteiger partial charge in [-0.3, -0.25) is 28.8 Å². The highest BCUT2D eigenvalue weighted by Crippen LogP contribution is 2.11. The van der Waals surface area contributed by atoms with E-state index in [1.807, 2.05) is 0 Å². The molecule has 0 aliphatic rings. The predicted octanol–water partition coefficient (Wildman–Crippen LogP) is -4.36. The van der Waals surface area contributed by atoms with Crippen LogP contribution in [0, 0.1) is 11.8 Å². The third kappa shape index (κ3) is 15.0. The first-order chi connectivity index (χ1) is 22.5. The minimum absolute atomic E-state index is 0.290. The molecule has 0 bridgehead atoms. The molecule has 0 fully saturated rings. The van der Waals surface area contributed by atoms with Gasteiger partial charge in [0, 0.05) is 0 Å². The van der Waals surface area contributed by atoms with Crippen LogP contribution in [0.3, 0.4) is 0 Å². The van der Waals surface area contributed by atoms with Gasteiger partial charge in [-0.15, -0.1) is 0 Å². The molecule has 0 aromatic rings. The third-order valence-electron chi connectivity index (χ3n) is 7.66. The van der Waals surface area contributed by atoms with Crippen LogP contribution in [-0.2, 0) is 33.6 Å². The highest BCUT2D eigenvalue weighted by Gasteiger charge is 2.35. The molecule has 0 aromatic heterocycles. The SMILES string of the molecule is CC[C@H](C)[C@H](NC(=O)[C@H](CO)NC(=O)[C@@H](NC(=O)[C@@H](N)CCCCN)[C@@H](C)O)C(=O)N[C@H](C(=O)N[C@@H](C)C(=O)N[C@H](C=O)CO)C(C)C. The monoisotopic (exact) mass is 688 g/mol. The summed E-state index contributed by atoms with van der Waals surface area (Å²) in [6, 6.07) is -8.78. The zero-order valence-electron chi connectivity index (χ0n) is 28.7. The minimum Gasteiger partial charge on any atom is -0.394 e. The number of aliphatic hydroxyl groups excluding tert-OH is 3. The van der Waals surface area contributed by atoms with Crippen molar-refractivity contribution in [2.45, 2.75) is 116 Å². The summed E-state index contributed by atoms with van der Waals surface area (Å²) < 4.78 is 0. The summed E-state index contributed by atoms with van der Waals surface area (Å²) in [5.74, 6) is -5.85. The number of carbonyl (C=O) groups excluding carboxylic acids is 7. The number of unbranched alkanes of at least 4 members (excludes halogenated alkanes) is 1. The normalized spacial score (nSPS) is 16.8. The summed E-state index contributed by atoms with van der Waals surface area (Å²) in [4.78, 5) is 88.5. The smallest absolute Gasteiger partial charge is 0.245 e. The molecule has 0 radical (unpaired) electrons. The van der Waals surface area contributed by atoms with Crippen molar-refractivity contribution >= 4 is 41.7 Å². The van der Waals surface area contributed by atoms with Gasteiger partial charge in [0.1, 0.15) is 42.5 Å². The van der Waals surface area contributed by atoms with Gasteiger partial charge in [-0.1, -0.05) is 40.5 Å². The van der Waals surface area contributed by atoms with Crippen molar-refractivity contribution < 1.29 is 48.9 Å². The first-order valence-electron chi connectivity index (χ1n) is 16.1. The molecule has 9 atom stereocenters. The van der Waals surface area contributed by atoms with E-state index in [4.69, 9.17) is 16.6 Å². The van der Waals surface area contributed by atoms with Crippen molar-refractivity contribution in [3.63, 3.8) is 0 Å². The van der Waals surface area contributed by atoms with E-state index >= 15 is 0 Å². The molecule has 0 aromatic carbocycles. The van der Waals surface area contributed by atoms with Crippen molar-refractivity contribution in [1.82, 2.24) is 31.9 Å². The number of aldehydes is 1. The highest BCUT2D eigenvalue weighted by molar-refractivity contribution is 5.97. The van der Waals surface area contributed by atoms with Crippen LogP contribution in [0.15, 0.2) is 0 Å². The number of hydrogen-bond acceptors (Lipinski definition) is 12. The van der Waals surface area contributed by atoms with Gasteiger partial charge in [0.15, 0.2) is 0 Å². The Morgan fingerprint density at radius 1 is 0.688 bits per heavy atom. The Bertz CT molecular complexity index is 1080. The van der Waals surface area contributed by atoms with Crippen molar-refractivity contribution in [3.8, 4) is 0 Å². The maximum atomic E-state index is 13.5. The van der Waals surface area contributed by atoms with Crippen LogP contribution in [0.2, 0.25) is 0 Å². The van der Waals surface area contributed by atoms with Gasteiger partial charge in [-0.25, -0.2) is 0 Å². The molecule has 276 valence electrons. The summed E-state index contributed by atoms with van der Waals surface area (Å²) in [5, 5.41) is 43.6. The lowest BCUT2D eigenvalue weighted by Crippen LogP contribution is -2.62. The van der Waals surface area contributed by atoms with Gasteiger partial charge in [0.2, 0.25) is 35.4 Å². The van der Waals surface area contributed by atoms with Crippen LogP contribution >= 0.6 is 0 Å². The lowest BCUT2D eigenvalue weighted by atomic mass is 9.96. The Balaban J connectivity index is 5.72. The molecule has 0 aliphatic carbocycles. The number of nitrogens with one attached hydrogen (secondary N) is 6. The van der Waals surface area contributed by atoms with Crippen molar-refractivity contribution in [2.24, 2.45) is 23.3 Å². The number of aliphatic hydroxyl groups is 3. The molecule has 13 N–H and O–H groups in total. The number of nitrogens with two attached hydrogens (primary N) is 2. The van der Waals surface area contributed by atoms with E-state index < -0.39 is 109 Å². The minimum atomic E-state index is -1.59. The van der Waals surface area contributed by atoms with E-state index in [2.05, 4.69) is 31.9 Å². The Morgan fingerprint density at radius 3 is 1.71 bits per heavy atom. The number of carbonyl (C=O) groups is 7. The lowest BCUT2D eigenvalue weighted by molar-refractivity contribution is -0.137. The number of rotatable bonds is 23. The van der Waals surface area contributed by atoms with Crippen molar-refractivity contribution in [3.05, 3.63) is 0 Å². The molecular formula is C30H56N8O10. The number of amides is 6. The van der Waals surface area contributed by atoms with E-state index in [0.29, 0.717) is 32.1 Å². The fourth-order valence-corrected chi connectivity index (χ4v) is 4.29. The molecule has 18 nitrogen and oxygen atoms in total. The highest BCUT2D eigenvalue weighted by atomic mass is 16.3. The molecule has 6 amide bonds. The van der Waals surface area contributed by atoms with Crippen LogP contribution in [0.25, 0.3) is 0 Å². The van der Waals surface area contributed by atoms with Gasteiger partial charge < -0.3 is 63.5 Å². The second kappa shape index (κ2) is 22.8. The molecule has 18 heteroatoms. The largest absolute Gasteiger partial charge is 0.394 e. The maximum absolute atomic E-state index is 13.5. The Labute approximate surface area is 281 Å². The first kappa shape index (κ1) is 44.3. The molecule has 48 heavy (non-hydrogen) atoms. The maximum Gasteiger partial charge on any atom is 0.245 e. The van der Waals surface area contributed by atoms with Gasteiger partial charge in [0.25, 0.3) is 0 Å². The third-order valence-corrected chi connectivity index (χ3v) is 7.66. The zero-order chi connectivity index (χ0) is 37.1. The van der Waals surface area contributed by atoms with Crippen LogP contribution in [0.4, 0.5) is 0 Å². The van der Waals surface area contributed by atoms with Crippen LogP contribution in [0.1, 0.15) is 67.2 Å². The van der Waals surface area contributed by atoms with E-state index in [9.17, 15) is 43.8 Å². The summed E-state index contributed by atoms with van der Waals surface area (Å²) in [5.41, 5.74) is 11.3. The van der Waals surface area contributed by atoms with Crippen molar-refractivity contribution in [1.29, 1.82) is 0 Å². The predicted molar refractivity (Wildman–Crippen MR) is 174 cm³/mol. The quantitative estimate of drug-likeness (QED) is 0.0359.